The van der Waals surface area contributed by atoms with E-state index < -0.39 is 0 Å². The zero-order chi connectivity index (χ0) is 5.86. The molecule has 3 heteroatoms. The molecular formula is C4H6NSW-. The molecule has 40 valence electrons. The summed E-state index contributed by atoms with van der Waals surface area (Å²) < 4.78 is 3.95. The second kappa shape index (κ2) is 3.45. The summed E-state index contributed by atoms with van der Waals surface area (Å²) in [5, 5.41) is 0. The van der Waals surface area contributed by atoms with Crippen LogP contribution in [0, 0.1) is 0 Å². The monoisotopic (exact) mass is 284 g/mol. The third-order valence-corrected chi connectivity index (χ3v) is 1.93. The van der Waals surface area contributed by atoms with Crippen LogP contribution in [0.4, 0.5) is 0 Å². The van der Waals surface area contributed by atoms with Crippen molar-refractivity contribution >= 4 is 12.6 Å². The first-order chi connectivity index (χ1) is 3.18. The van der Waals surface area contributed by atoms with Crippen LogP contribution < -0.4 is 0 Å². The first-order valence-corrected chi connectivity index (χ1v) is 3.58. The minimum absolute atomic E-state index is 0.898. The summed E-state index contributed by atoms with van der Waals surface area (Å²) in [6, 6.07) is 0. The van der Waals surface area contributed by atoms with Crippen LogP contribution >= 0.6 is 0 Å². The van der Waals surface area contributed by atoms with Crippen LogP contribution in [0.1, 0.15) is 13.8 Å². The van der Waals surface area contributed by atoms with E-state index >= 15 is 0 Å². The third-order valence-electron chi connectivity index (χ3n) is 0.646. The van der Waals surface area contributed by atoms with Crippen molar-refractivity contribution in [2.45, 2.75) is 13.8 Å². The Morgan fingerprint density at radius 3 is 2.00 bits per heavy atom. The third kappa shape index (κ3) is 3.07. The van der Waals surface area contributed by atoms with Crippen LogP contribution in [0.25, 0.3) is 0 Å². The molecule has 0 spiro atoms. The Morgan fingerprint density at radius 1 is 1.57 bits per heavy atom. The molecule has 0 amide bonds. The quantitative estimate of drug-likeness (QED) is 0.665. The SMILES string of the molecule is CC([S-])=C(C)[N]=[W]. The van der Waals surface area contributed by atoms with Gasteiger partial charge in [0.05, 0.1) is 0 Å². The van der Waals surface area contributed by atoms with Gasteiger partial charge >= 0.3 is 60.2 Å². The maximum atomic E-state index is 4.80. The van der Waals surface area contributed by atoms with E-state index in [1.807, 2.05) is 13.8 Å². The van der Waals surface area contributed by atoms with E-state index in [0.29, 0.717) is 0 Å². The Labute approximate surface area is 60.4 Å². The molecule has 0 fully saturated rings. The summed E-state index contributed by atoms with van der Waals surface area (Å²) in [5.74, 6) is 0. The predicted octanol–water partition coefficient (Wildman–Crippen LogP) is 1.52. The molecule has 0 saturated heterocycles. The van der Waals surface area contributed by atoms with E-state index in [1.54, 1.807) is 0 Å². The maximum absolute atomic E-state index is 4.80. The van der Waals surface area contributed by atoms with E-state index in [4.69, 9.17) is 12.6 Å². The van der Waals surface area contributed by atoms with Gasteiger partial charge in [-0.05, 0) is 0 Å². The van der Waals surface area contributed by atoms with Crippen molar-refractivity contribution in [3.63, 3.8) is 0 Å². The van der Waals surface area contributed by atoms with Gasteiger partial charge in [-0.1, -0.05) is 0 Å². The number of nitrogens with zero attached hydrogens (tertiary/aromatic N) is 1. The van der Waals surface area contributed by atoms with Gasteiger partial charge in [0, 0.05) is 0 Å². The number of hydrogen-bond donors (Lipinski definition) is 0. The van der Waals surface area contributed by atoms with Crippen molar-refractivity contribution in [3.05, 3.63) is 10.6 Å². The van der Waals surface area contributed by atoms with E-state index in [-0.39, 0.29) is 0 Å². The Balaban J connectivity index is 3.98. The molecule has 0 aliphatic heterocycles. The molecular weight excluding hydrogens is 278 g/mol. The number of rotatable bonds is 1. The van der Waals surface area contributed by atoms with Crippen molar-refractivity contribution < 1.29 is 19.6 Å². The number of hydrogen-bond acceptors (Lipinski definition) is 2. The van der Waals surface area contributed by atoms with Crippen LogP contribution in [-0.2, 0) is 32.3 Å². The summed E-state index contributed by atoms with van der Waals surface area (Å²) in [4.78, 5) is 0.898. The second-order valence-corrected chi connectivity index (χ2v) is 2.50. The van der Waals surface area contributed by atoms with Gasteiger partial charge in [0.15, 0.2) is 0 Å². The molecule has 0 radical (unpaired) electrons. The van der Waals surface area contributed by atoms with Crippen molar-refractivity contribution in [1.29, 1.82) is 0 Å². The van der Waals surface area contributed by atoms with Crippen molar-refractivity contribution in [1.82, 2.24) is 0 Å². The molecule has 0 heterocycles. The summed E-state index contributed by atoms with van der Waals surface area (Å²) in [5.41, 5.74) is 0.991. The molecule has 0 rings (SSSR count). The molecule has 0 bridgehead atoms. The van der Waals surface area contributed by atoms with Gasteiger partial charge in [0.2, 0.25) is 0 Å². The van der Waals surface area contributed by atoms with Crippen LogP contribution in [0.5, 0.6) is 0 Å². The van der Waals surface area contributed by atoms with Gasteiger partial charge in [0.1, 0.15) is 0 Å². The molecule has 0 aromatic heterocycles. The van der Waals surface area contributed by atoms with Crippen LogP contribution in [-0.4, -0.2) is 0 Å². The van der Waals surface area contributed by atoms with Gasteiger partial charge in [-0.2, -0.15) is 0 Å². The Kier molecular flexibility index (Phi) is 3.67. The molecule has 0 unspecified atom stereocenters. The number of allylic oxidation sites excluding steroid dienone is 2. The summed E-state index contributed by atoms with van der Waals surface area (Å²) in [7, 11) is 0. The molecule has 0 aromatic carbocycles. The van der Waals surface area contributed by atoms with E-state index in [9.17, 15) is 0 Å². The predicted molar refractivity (Wildman–Crippen MR) is 28.2 cm³/mol. The Hall–Kier alpha value is 0.448. The molecule has 0 aliphatic carbocycles. The molecule has 1 nitrogen and oxygen atoms in total. The molecule has 7 heavy (non-hydrogen) atoms. The van der Waals surface area contributed by atoms with Gasteiger partial charge in [0.25, 0.3) is 0 Å². The molecule has 0 aromatic rings. The van der Waals surface area contributed by atoms with Crippen molar-refractivity contribution in [3.8, 4) is 0 Å². The summed E-state index contributed by atoms with van der Waals surface area (Å²) in [6.45, 7) is 3.81. The van der Waals surface area contributed by atoms with Crippen molar-refractivity contribution in [2.24, 2.45) is 3.50 Å². The Bertz CT molecular complexity index is 104. The zero-order valence-electron chi connectivity index (χ0n) is 4.26. The first kappa shape index (κ1) is 7.45. The van der Waals surface area contributed by atoms with E-state index in [1.165, 1.54) is 19.6 Å². The first-order valence-electron chi connectivity index (χ1n) is 1.86. The fraction of sp³-hybridized carbons (Fsp3) is 0.500. The van der Waals surface area contributed by atoms with Crippen LogP contribution in [0.2, 0.25) is 0 Å². The van der Waals surface area contributed by atoms with Crippen LogP contribution in [0.15, 0.2) is 14.1 Å². The zero-order valence-corrected chi connectivity index (χ0v) is 8.01. The van der Waals surface area contributed by atoms with Gasteiger partial charge in [-0.25, -0.2) is 0 Å². The second-order valence-electron chi connectivity index (χ2n) is 1.23. The normalized spacial score (nSPS) is 12.9. The fourth-order valence-corrected chi connectivity index (χ4v) is 0.831. The molecule has 0 saturated carbocycles. The molecule has 0 atom stereocenters. The average molecular weight is 284 g/mol. The molecule has 0 aliphatic rings. The van der Waals surface area contributed by atoms with Gasteiger partial charge in [-0.15, -0.1) is 0 Å². The Morgan fingerprint density at radius 2 is 2.00 bits per heavy atom. The van der Waals surface area contributed by atoms with Gasteiger partial charge < -0.3 is 0 Å². The standard InChI is InChI=1S/C4H7NS.W/c1-3(5)4(2)6;/h6H,1-2H3;/p-1. The van der Waals surface area contributed by atoms with Crippen molar-refractivity contribution in [2.75, 3.05) is 0 Å². The van der Waals surface area contributed by atoms with E-state index in [2.05, 4.69) is 3.50 Å². The summed E-state index contributed by atoms with van der Waals surface area (Å²) in [6.07, 6.45) is 0. The minimum atomic E-state index is 0.898. The molecule has 0 N–H and O–H groups in total. The summed E-state index contributed by atoms with van der Waals surface area (Å²) >= 11 is 6.02. The van der Waals surface area contributed by atoms with Crippen LogP contribution in [0.3, 0.4) is 0 Å². The van der Waals surface area contributed by atoms with E-state index in [0.717, 1.165) is 10.6 Å². The van der Waals surface area contributed by atoms with Gasteiger partial charge in [-0.3, -0.25) is 0 Å². The fourth-order valence-electron chi connectivity index (χ4n) is 0.0643. The topological polar surface area (TPSA) is 12.4 Å². The average Bonchev–Trinajstić information content (AvgIpc) is 1.65.